The van der Waals surface area contributed by atoms with Crippen molar-refractivity contribution in [1.29, 1.82) is 0 Å². The number of nitrogens with one attached hydrogen (secondary N) is 1. The molecule has 0 bridgehead atoms. The van der Waals surface area contributed by atoms with Gasteiger partial charge < -0.3 is 10.2 Å². The van der Waals surface area contributed by atoms with Crippen LogP contribution in [0.3, 0.4) is 0 Å². The van der Waals surface area contributed by atoms with E-state index in [4.69, 9.17) is 11.6 Å². The molecule has 1 N–H and O–H groups in total. The summed E-state index contributed by atoms with van der Waals surface area (Å²) in [5, 5.41) is 3.43. The van der Waals surface area contributed by atoms with Gasteiger partial charge in [-0.1, -0.05) is 29.8 Å². The zero-order valence-electron chi connectivity index (χ0n) is 16.4. The Balaban J connectivity index is 1.60. The first kappa shape index (κ1) is 20.1. The fourth-order valence-corrected chi connectivity index (χ4v) is 3.82. The molecule has 30 heavy (non-hydrogen) atoms. The number of carbonyl (C=O) groups excluding carboxylic acids is 2. The number of anilines is 2. The van der Waals surface area contributed by atoms with Crippen LogP contribution in [0.5, 0.6) is 0 Å². The summed E-state index contributed by atoms with van der Waals surface area (Å²) in [5.41, 5.74) is 3.71. The van der Waals surface area contributed by atoms with Crippen LogP contribution < -0.4 is 10.2 Å². The normalized spacial score (nSPS) is 13.0. The number of nitrogens with zero attached hydrogens (tertiary/aromatic N) is 1. The Morgan fingerprint density at radius 3 is 2.67 bits per heavy atom. The molecule has 0 fully saturated rings. The standard InChI is InChI=1S/C24H20ClFN2O2/c1-15-8-10-18(25)14-21(15)27-23(29)17-9-11-22-16(13-17)5-4-12-28(22)24(30)19-6-2-3-7-20(19)26/h2-3,6-11,13-14H,4-5,12H2,1H3,(H,27,29). The number of benzene rings is 3. The maximum atomic E-state index is 14.1. The average molecular weight is 423 g/mol. The van der Waals surface area contributed by atoms with E-state index in [1.165, 1.54) is 12.1 Å². The van der Waals surface area contributed by atoms with Crippen molar-refractivity contribution in [3.8, 4) is 0 Å². The minimum atomic E-state index is -0.539. The maximum Gasteiger partial charge on any atom is 0.261 e. The second-order valence-electron chi connectivity index (χ2n) is 7.30. The van der Waals surface area contributed by atoms with E-state index in [0.29, 0.717) is 28.5 Å². The molecule has 0 aromatic heterocycles. The molecule has 3 aromatic carbocycles. The summed E-state index contributed by atoms with van der Waals surface area (Å²) in [6.45, 7) is 2.40. The first-order valence-electron chi connectivity index (χ1n) is 9.71. The SMILES string of the molecule is Cc1ccc(Cl)cc1NC(=O)c1ccc2c(c1)CCCN2C(=O)c1ccccc1F. The Hall–Kier alpha value is -3.18. The molecule has 0 radical (unpaired) electrons. The van der Waals surface area contributed by atoms with Gasteiger partial charge in [-0.3, -0.25) is 9.59 Å². The van der Waals surface area contributed by atoms with E-state index < -0.39 is 5.82 Å². The Bertz CT molecular complexity index is 1150. The summed E-state index contributed by atoms with van der Waals surface area (Å²) in [5.74, 6) is -1.16. The number of amides is 2. The highest BCUT2D eigenvalue weighted by molar-refractivity contribution is 6.31. The van der Waals surface area contributed by atoms with E-state index in [1.807, 2.05) is 13.0 Å². The molecule has 6 heteroatoms. The Morgan fingerprint density at radius 1 is 1.07 bits per heavy atom. The average Bonchev–Trinajstić information content (AvgIpc) is 2.75. The third kappa shape index (κ3) is 3.94. The van der Waals surface area contributed by atoms with E-state index in [-0.39, 0.29) is 17.4 Å². The summed E-state index contributed by atoms with van der Waals surface area (Å²) in [4.78, 5) is 27.3. The summed E-state index contributed by atoms with van der Waals surface area (Å²) in [6.07, 6.45) is 1.49. The number of fused-ring (bicyclic) bond motifs is 1. The smallest absolute Gasteiger partial charge is 0.261 e. The van der Waals surface area contributed by atoms with Crippen LogP contribution >= 0.6 is 11.6 Å². The number of carbonyl (C=O) groups is 2. The lowest BCUT2D eigenvalue weighted by Gasteiger charge is -2.30. The Kier molecular flexibility index (Phi) is 5.55. The van der Waals surface area contributed by atoms with Crippen LogP contribution in [0.25, 0.3) is 0 Å². The Labute approximate surface area is 179 Å². The van der Waals surface area contributed by atoms with Gasteiger partial charge in [-0.2, -0.15) is 0 Å². The van der Waals surface area contributed by atoms with Crippen molar-refractivity contribution in [3.63, 3.8) is 0 Å². The van der Waals surface area contributed by atoms with Crippen molar-refractivity contribution in [2.75, 3.05) is 16.8 Å². The van der Waals surface area contributed by atoms with Crippen LogP contribution in [-0.2, 0) is 6.42 Å². The minimum absolute atomic E-state index is 0.0450. The van der Waals surface area contributed by atoms with E-state index in [9.17, 15) is 14.0 Å². The van der Waals surface area contributed by atoms with Crippen LogP contribution in [0.4, 0.5) is 15.8 Å². The van der Waals surface area contributed by atoms with Gasteiger partial charge in [0.25, 0.3) is 11.8 Å². The first-order valence-corrected chi connectivity index (χ1v) is 10.1. The first-order chi connectivity index (χ1) is 14.4. The van der Waals surface area contributed by atoms with Gasteiger partial charge in [0.15, 0.2) is 0 Å². The molecular formula is C24H20ClFN2O2. The topological polar surface area (TPSA) is 49.4 Å². The van der Waals surface area contributed by atoms with Crippen molar-refractivity contribution in [2.45, 2.75) is 19.8 Å². The number of rotatable bonds is 3. The predicted molar refractivity (Wildman–Crippen MR) is 117 cm³/mol. The van der Waals surface area contributed by atoms with Gasteiger partial charge in [-0.15, -0.1) is 0 Å². The number of hydrogen-bond donors (Lipinski definition) is 1. The molecule has 0 atom stereocenters. The highest BCUT2D eigenvalue weighted by Crippen LogP contribution is 2.30. The number of halogens is 2. The van der Waals surface area contributed by atoms with Crippen LogP contribution in [0.2, 0.25) is 5.02 Å². The van der Waals surface area contributed by atoms with Gasteiger partial charge in [0.2, 0.25) is 0 Å². The second kappa shape index (κ2) is 8.28. The van der Waals surface area contributed by atoms with Crippen LogP contribution in [0.1, 0.15) is 38.3 Å². The van der Waals surface area contributed by atoms with Crippen molar-refractivity contribution in [1.82, 2.24) is 0 Å². The molecule has 2 amide bonds. The third-order valence-corrected chi connectivity index (χ3v) is 5.49. The van der Waals surface area contributed by atoms with Crippen LogP contribution in [0.15, 0.2) is 60.7 Å². The van der Waals surface area contributed by atoms with Gasteiger partial charge in [0.1, 0.15) is 5.82 Å². The van der Waals surface area contributed by atoms with Crippen molar-refractivity contribution in [3.05, 3.63) is 93.8 Å². The Morgan fingerprint density at radius 2 is 1.87 bits per heavy atom. The monoisotopic (exact) mass is 422 g/mol. The molecule has 0 saturated carbocycles. The zero-order valence-corrected chi connectivity index (χ0v) is 17.2. The van der Waals surface area contributed by atoms with E-state index in [2.05, 4.69) is 5.32 Å². The molecule has 0 spiro atoms. The molecule has 152 valence electrons. The van der Waals surface area contributed by atoms with Crippen LogP contribution in [-0.4, -0.2) is 18.4 Å². The highest BCUT2D eigenvalue weighted by Gasteiger charge is 2.26. The largest absolute Gasteiger partial charge is 0.322 e. The minimum Gasteiger partial charge on any atom is -0.322 e. The lowest BCUT2D eigenvalue weighted by atomic mass is 9.98. The van der Waals surface area contributed by atoms with Gasteiger partial charge in [-0.25, -0.2) is 4.39 Å². The fraction of sp³-hybridized carbons (Fsp3) is 0.167. The number of aryl methyl sites for hydroxylation is 2. The van der Waals surface area contributed by atoms with E-state index >= 15 is 0 Å². The van der Waals surface area contributed by atoms with Crippen molar-refractivity contribution >= 4 is 34.8 Å². The molecule has 0 aliphatic carbocycles. The second-order valence-corrected chi connectivity index (χ2v) is 7.73. The molecule has 1 aliphatic heterocycles. The van der Waals surface area contributed by atoms with Gasteiger partial charge in [0, 0.05) is 28.5 Å². The van der Waals surface area contributed by atoms with E-state index in [1.54, 1.807) is 47.4 Å². The van der Waals surface area contributed by atoms with Crippen molar-refractivity contribution < 1.29 is 14.0 Å². The van der Waals surface area contributed by atoms with Gasteiger partial charge in [-0.05, 0) is 73.4 Å². The number of hydrogen-bond acceptors (Lipinski definition) is 2. The molecule has 1 heterocycles. The molecule has 1 aliphatic rings. The molecule has 4 rings (SSSR count). The van der Waals surface area contributed by atoms with Gasteiger partial charge in [0.05, 0.1) is 5.56 Å². The summed E-state index contributed by atoms with van der Waals surface area (Å²) < 4.78 is 14.1. The van der Waals surface area contributed by atoms with Gasteiger partial charge >= 0.3 is 0 Å². The lowest BCUT2D eigenvalue weighted by Crippen LogP contribution is -2.36. The third-order valence-electron chi connectivity index (χ3n) is 5.26. The quantitative estimate of drug-likeness (QED) is 0.594. The molecule has 0 unspecified atom stereocenters. The lowest BCUT2D eigenvalue weighted by molar-refractivity contribution is 0.0980. The summed E-state index contributed by atoms with van der Waals surface area (Å²) in [7, 11) is 0. The summed E-state index contributed by atoms with van der Waals surface area (Å²) in [6, 6.07) is 16.5. The van der Waals surface area contributed by atoms with Crippen LogP contribution in [0, 0.1) is 12.7 Å². The highest BCUT2D eigenvalue weighted by atomic mass is 35.5. The predicted octanol–water partition coefficient (Wildman–Crippen LogP) is 5.63. The molecule has 3 aromatic rings. The molecule has 4 nitrogen and oxygen atoms in total. The van der Waals surface area contributed by atoms with E-state index in [0.717, 1.165) is 24.0 Å². The zero-order chi connectivity index (χ0) is 21.3. The van der Waals surface area contributed by atoms with Crippen molar-refractivity contribution in [2.24, 2.45) is 0 Å². The molecule has 0 saturated heterocycles. The fourth-order valence-electron chi connectivity index (χ4n) is 3.65. The maximum absolute atomic E-state index is 14.1. The molecular weight excluding hydrogens is 403 g/mol. The summed E-state index contributed by atoms with van der Waals surface area (Å²) >= 11 is 6.03.